The van der Waals surface area contributed by atoms with Crippen LogP contribution in [0.1, 0.15) is 30.4 Å². The number of ether oxygens (including phenoxy) is 1. The number of anilines is 1. The van der Waals surface area contributed by atoms with Crippen LogP contribution in [-0.4, -0.2) is 17.7 Å². The minimum Gasteiger partial charge on any atom is -0.494 e. The van der Waals surface area contributed by atoms with Crippen LogP contribution in [0, 0.1) is 0 Å². The van der Waals surface area contributed by atoms with E-state index in [4.69, 9.17) is 10.5 Å². The molecule has 2 aromatic rings. The standard InChI is InChI=1S/C18H21NO3/c1-2-11-22-16-9-3-13(4-10-16)12-17(18(20)21)14-5-7-15(19)8-6-14/h3-10,17H,2,11-12,19H2,1H3,(H,20,21). The molecule has 0 amide bonds. The van der Waals surface area contributed by atoms with E-state index in [1.165, 1.54) is 0 Å². The molecule has 4 nitrogen and oxygen atoms in total. The summed E-state index contributed by atoms with van der Waals surface area (Å²) in [5, 5.41) is 9.47. The second-order valence-electron chi connectivity index (χ2n) is 5.25. The van der Waals surface area contributed by atoms with Crippen molar-refractivity contribution in [2.24, 2.45) is 0 Å². The van der Waals surface area contributed by atoms with Gasteiger partial charge in [0.05, 0.1) is 12.5 Å². The van der Waals surface area contributed by atoms with Gasteiger partial charge in [-0.1, -0.05) is 31.2 Å². The molecule has 0 bridgehead atoms. The summed E-state index contributed by atoms with van der Waals surface area (Å²) in [6.07, 6.45) is 1.40. The summed E-state index contributed by atoms with van der Waals surface area (Å²) in [6.45, 7) is 2.74. The van der Waals surface area contributed by atoms with E-state index in [0.717, 1.165) is 23.3 Å². The summed E-state index contributed by atoms with van der Waals surface area (Å²) in [5.74, 6) is -0.607. The monoisotopic (exact) mass is 299 g/mol. The molecule has 116 valence electrons. The number of rotatable bonds is 7. The lowest BCUT2D eigenvalue weighted by molar-refractivity contribution is -0.138. The van der Waals surface area contributed by atoms with Gasteiger partial charge in [0.15, 0.2) is 0 Å². The average molecular weight is 299 g/mol. The lowest BCUT2D eigenvalue weighted by atomic mass is 9.92. The van der Waals surface area contributed by atoms with Gasteiger partial charge in [-0.2, -0.15) is 0 Å². The van der Waals surface area contributed by atoms with Gasteiger partial charge in [0.1, 0.15) is 5.75 Å². The number of nitrogen functional groups attached to an aromatic ring is 1. The Morgan fingerprint density at radius 1 is 1.14 bits per heavy atom. The summed E-state index contributed by atoms with van der Waals surface area (Å²) in [4.78, 5) is 11.5. The lowest BCUT2D eigenvalue weighted by Gasteiger charge is -2.13. The summed E-state index contributed by atoms with van der Waals surface area (Å²) in [6, 6.07) is 14.6. The molecule has 4 heteroatoms. The predicted molar refractivity (Wildman–Crippen MR) is 87.2 cm³/mol. The third-order valence-electron chi connectivity index (χ3n) is 3.47. The van der Waals surface area contributed by atoms with Crippen molar-refractivity contribution in [2.45, 2.75) is 25.7 Å². The van der Waals surface area contributed by atoms with Crippen molar-refractivity contribution in [3.8, 4) is 5.75 Å². The summed E-state index contributed by atoms with van der Waals surface area (Å²) in [7, 11) is 0. The number of carboxylic acid groups (broad SMARTS) is 1. The van der Waals surface area contributed by atoms with Gasteiger partial charge < -0.3 is 15.6 Å². The molecule has 0 saturated heterocycles. The average Bonchev–Trinajstić information content (AvgIpc) is 2.52. The number of benzene rings is 2. The van der Waals surface area contributed by atoms with Gasteiger partial charge in [0, 0.05) is 5.69 Å². The van der Waals surface area contributed by atoms with Crippen molar-refractivity contribution in [1.82, 2.24) is 0 Å². The largest absolute Gasteiger partial charge is 0.494 e. The molecular formula is C18H21NO3. The zero-order valence-electron chi connectivity index (χ0n) is 12.7. The van der Waals surface area contributed by atoms with E-state index in [9.17, 15) is 9.90 Å². The Kier molecular flexibility index (Phi) is 5.42. The quantitative estimate of drug-likeness (QED) is 0.768. The van der Waals surface area contributed by atoms with E-state index < -0.39 is 11.9 Å². The lowest BCUT2D eigenvalue weighted by Crippen LogP contribution is -2.14. The van der Waals surface area contributed by atoms with Crippen LogP contribution < -0.4 is 10.5 Å². The molecule has 1 unspecified atom stereocenters. The molecule has 0 heterocycles. The van der Waals surface area contributed by atoms with Crippen LogP contribution in [0.3, 0.4) is 0 Å². The molecule has 22 heavy (non-hydrogen) atoms. The van der Waals surface area contributed by atoms with Gasteiger partial charge in [-0.15, -0.1) is 0 Å². The number of hydrogen-bond acceptors (Lipinski definition) is 3. The predicted octanol–water partition coefficient (Wildman–Crippen LogP) is 3.47. The van der Waals surface area contributed by atoms with E-state index >= 15 is 0 Å². The fourth-order valence-electron chi connectivity index (χ4n) is 2.25. The third kappa shape index (κ3) is 4.25. The van der Waals surface area contributed by atoms with Gasteiger partial charge >= 0.3 is 5.97 Å². The highest BCUT2D eigenvalue weighted by atomic mass is 16.5. The Morgan fingerprint density at radius 3 is 2.32 bits per heavy atom. The maximum absolute atomic E-state index is 11.5. The van der Waals surface area contributed by atoms with E-state index in [2.05, 4.69) is 6.92 Å². The highest BCUT2D eigenvalue weighted by molar-refractivity contribution is 5.76. The Bertz CT molecular complexity index is 605. The molecule has 2 rings (SSSR count). The van der Waals surface area contributed by atoms with Crippen LogP contribution in [-0.2, 0) is 11.2 Å². The van der Waals surface area contributed by atoms with Gasteiger partial charge in [0.2, 0.25) is 0 Å². The molecule has 0 aliphatic carbocycles. The van der Waals surface area contributed by atoms with E-state index in [0.29, 0.717) is 18.7 Å². The molecule has 3 N–H and O–H groups in total. The van der Waals surface area contributed by atoms with Crippen molar-refractivity contribution in [3.05, 3.63) is 59.7 Å². The number of aliphatic carboxylic acids is 1. The molecule has 0 saturated carbocycles. The first-order valence-electron chi connectivity index (χ1n) is 7.40. The molecule has 0 aliphatic heterocycles. The molecule has 0 spiro atoms. The molecule has 0 aromatic heterocycles. The third-order valence-corrected chi connectivity index (χ3v) is 3.47. The minimum absolute atomic E-state index is 0.438. The van der Waals surface area contributed by atoms with Crippen LogP contribution in [0.5, 0.6) is 5.75 Å². The SMILES string of the molecule is CCCOc1ccc(CC(C(=O)O)c2ccc(N)cc2)cc1. The van der Waals surface area contributed by atoms with Crippen LogP contribution in [0.4, 0.5) is 5.69 Å². The highest BCUT2D eigenvalue weighted by Gasteiger charge is 2.20. The van der Waals surface area contributed by atoms with Crippen LogP contribution in [0.15, 0.2) is 48.5 Å². The number of hydrogen-bond donors (Lipinski definition) is 2. The van der Waals surface area contributed by atoms with Crippen molar-refractivity contribution >= 4 is 11.7 Å². The van der Waals surface area contributed by atoms with Gasteiger partial charge in [-0.3, -0.25) is 4.79 Å². The first kappa shape index (κ1) is 15.9. The highest BCUT2D eigenvalue weighted by Crippen LogP contribution is 2.23. The molecule has 0 aliphatic rings. The van der Waals surface area contributed by atoms with Gasteiger partial charge in [-0.25, -0.2) is 0 Å². The fourth-order valence-corrected chi connectivity index (χ4v) is 2.25. The van der Waals surface area contributed by atoms with Gasteiger partial charge in [0.25, 0.3) is 0 Å². The van der Waals surface area contributed by atoms with Crippen LogP contribution in [0.25, 0.3) is 0 Å². The minimum atomic E-state index is -0.837. The van der Waals surface area contributed by atoms with E-state index in [-0.39, 0.29) is 0 Å². The molecule has 0 radical (unpaired) electrons. The maximum atomic E-state index is 11.5. The second kappa shape index (κ2) is 7.50. The van der Waals surface area contributed by atoms with Crippen molar-refractivity contribution in [3.63, 3.8) is 0 Å². The second-order valence-corrected chi connectivity index (χ2v) is 5.25. The normalized spacial score (nSPS) is 11.9. The Morgan fingerprint density at radius 2 is 1.77 bits per heavy atom. The van der Waals surface area contributed by atoms with Crippen LogP contribution >= 0.6 is 0 Å². The molecule has 2 aromatic carbocycles. The number of carbonyl (C=O) groups is 1. The zero-order chi connectivity index (χ0) is 15.9. The molecular weight excluding hydrogens is 278 g/mol. The van der Waals surface area contributed by atoms with Crippen molar-refractivity contribution < 1.29 is 14.6 Å². The first-order valence-corrected chi connectivity index (χ1v) is 7.40. The van der Waals surface area contributed by atoms with E-state index in [1.54, 1.807) is 24.3 Å². The fraction of sp³-hybridized carbons (Fsp3) is 0.278. The molecule has 0 fully saturated rings. The number of carboxylic acids is 1. The summed E-state index contributed by atoms with van der Waals surface area (Å²) in [5.41, 5.74) is 8.00. The first-order chi connectivity index (χ1) is 10.6. The van der Waals surface area contributed by atoms with Crippen molar-refractivity contribution in [2.75, 3.05) is 12.3 Å². The summed E-state index contributed by atoms with van der Waals surface area (Å²) >= 11 is 0. The molecule has 1 atom stereocenters. The van der Waals surface area contributed by atoms with E-state index in [1.807, 2.05) is 24.3 Å². The van der Waals surface area contributed by atoms with Crippen LogP contribution in [0.2, 0.25) is 0 Å². The smallest absolute Gasteiger partial charge is 0.311 e. The van der Waals surface area contributed by atoms with Gasteiger partial charge in [-0.05, 0) is 48.2 Å². The zero-order valence-corrected chi connectivity index (χ0v) is 12.7. The maximum Gasteiger partial charge on any atom is 0.311 e. The Balaban J connectivity index is 2.11. The Hall–Kier alpha value is -2.49. The number of nitrogens with two attached hydrogens (primary N) is 1. The van der Waals surface area contributed by atoms with Crippen molar-refractivity contribution in [1.29, 1.82) is 0 Å². The summed E-state index contributed by atoms with van der Waals surface area (Å²) < 4.78 is 5.53. The topological polar surface area (TPSA) is 72.5 Å². The Labute approximate surface area is 130 Å².